The van der Waals surface area contributed by atoms with Crippen LogP contribution in [-0.2, 0) is 6.42 Å². The van der Waals surface area contributed by atoms with Crippen molar-refractivity contribution in [2.75, 3.05) is 18.0 Å². The second kappa shape index (κ2) is 7.91. The van der Waals surface area contributed by atoms with Crippen LogP contribution in [0.15, 0.2) is 35.3 Å². The minimum atomic E-state index is -0.196. The fourth-order valence-corrected chi connectivity index (χ4v) is 4.90. The van der Waals surface area contributed by atoms with Crippen LogP contribution in [0.4, 0.5) is 5.95 Å². The number of nitrogens with zero attached hydrogens (tertiary/aromatic N) is 3. The molecule has 1 aromatic carbocycles. The first kappa shape index (κ1) is 19.9. The number of hydrogen-bond acceptors (Lipinski definition) is 5. The van der Waals surface area contributed by atoms with Crippen molar-refractivity contribution >= 4 is 22.8 Å². The Kier molecular flexibility index (Phi) is 5.08. The lowest BCUT2D eigenvalue weighted by atomic mass is 9.79. The highest BCUT2D eigenvalue weighted by Gasteiger charge is 2.30. The van der Waals surface area contributed by atoms with Crippen LogP contribution >= 0.6 is 0 Å². The highest BCUT2D eigenvalue weighted by atomic mass is 16.1. The molecule has 2 aromatic heterocycles. The first-order chi connectivity index (χ1) is 15.0. The minimum absolute atomic E-state index is 0.0492. The molecule has 5 rings (SSSR count). The van der Waals surface area contributed by atoms with Crippen LogP contribution < -0.4 is 10.5 Å². The van der Waals surface area contributed by atoms with E-state index in [1.165, 1.54) is 12.0 Å². The summed E-state index contributed by atoms with van der Waals surface area (Å²) in [7, 11) is 0. The third-order valence-corrected chi connectivity index (χ3v) is 6.74. The average molecular weight is 417 g/mol. The van der Waals surface area contributed by atoms with E-state index in [0.29, 0.717) is 41.3 Å². The lowest BCUT2D eigenvalue weighted by Crippen LogP contribution is -2.33. The number of anilines is 1. The molecule has 0 spiro atoms. The molecule has 2 aliphatic rings. The van der Waals surface area contributed by atoms with Crippen molar-refractivity contribution in [3.8, 4) is 0 Å². The van der Waals surface area contributed by atoms with Crippen LogP contribution in [0.1, 0.15) is 78.4 Å². The first-order valence-electron chi connectivity index (χ1n) is 11.3. The van der Waals surface area contributed by atoms with Gasteiger partial charge in [0.1, 0.15) is 0 Å². The highest BCUT2D eigenvalue weighted by molar-refractivity contribution is 6.02. The van der Waals surface area contributed by atoms with Gasteiger partial charge in [0.25, 0.3) is 5.56 Å². The van der Waals surface area contributed by atoms with Crippen molar-refractivity contribution in [3.63, 3.8) is 0 Å². The molecule has 3 heterocycles. The van der Waals surface area contributed by atoms with E-state index in [-0.39, 0.29) is 17.3 Å². The van der Waals surface area contributed by atoms with Crippen molar-refractivity contribution < 1.29 is 4.79 Å². The van der Waals surface area contributed by atoms with Crippen LogP contribution in [0.5, 0.6) is 0 Å². The van der Waals surface area contributed by atoms with E-state index in [0.717, 1.165) is 37.1 Å². The molecular formula is C25H28N4O2. The Hall–Kier alpha value is -3.02. The van der Waals surface area contributed by atoms with Crippen LogP contribution in [0, 0.1) is 0 Å². The molecule has 1 saturated heterocycles. The molecule has 3 aromatic rings. The molecule has 1 aliphatic carbocycles. The first-order valence-corrected chi connectivity index (χ1v) is 11.3. The van der Waals surface area contributed by atoms with Crippen LogP contribution in [0.25, 0.3) is 11.0 Å². The summed E-state index contributed by atoms with van der Waals surface area (Å²) in [5, 5.41) is 0.468. The number of rotatable bonds is 3. The van der Waals surface area contributed by atoms with Gasteiger partial charge in [-0.1, -0.05) is 38.1 Å². The van der Waals surface area contributed by atoms with E-state index < -0.39 is 0 Å². The van der Waals surface area contributed by atoms with Crippen molar-refractivity contribution in [1.29, 1.82) is 0 Å². The van der Waals surface area contributed by atoms with Crippen LogP contribution in [-0.4, -0.2) is 33.8 Å². The second-order valence-corrected chi connectivity index (χ2v) is 9.14. The van der Waals surface area contributed by atoms with Gasteiger partial charge in [-0.2, -0.15) is 4.98 Å². The van der Waals surface area contributed by atoms with Crippen molar-refractivity contribution in [2.24, 2.45) is 0 Å². The quantitative estimate of drug-likeness (QED) is 0.687. The van der Waals surface area contributed by atoms with Gasteiger partial charge in [0.15, 0.2) is 11.4 Å². The Bertz CT molecular complexity index is 1190. The molecule has 31 heavy (non-hydrogen) atoms. The number of H-pyrrole nitrogens is 1. The molecule has 0 unspecified atom stereocenters. The number of pyridine rings is 1. The van der Waals surface area contributed by atoms with Gasteiger partial charge < -0.3 is 4.90 Å². The molecule has 0 amide bonds. The van der Waals surface area contributed by atoms with Gasteiger partial charge in [-0.3, -0.25) is 14.6 Å². The van der Waals surface area contributed by atoms with Gasteiger partial charge in [0.05, 0.1) is 5.39 Å². The highest BCUT2D eigenvalue weighted by Crippen LogP contribution is 2.35. The topological polar surface area (TPSA) is 79.0 Å². The predicted octanol–water partition coefficient (Wildman–Crippen LogP) is 4.34. The minimum Gasteiger partial charge on any atom is -0.342 e. The molecular weight excluding hydrogens is 388 g/mol. The Morgan fingerprint density at radius 1 is 1.03 bits per heavy atom. The van der Waals surface area contributed by atoms with E-state index in [2.05, 4.69) is 58.0 Å². The number of hydrogen-bond donors (Lipinski definition) is 1. The zero-order valence-corrected chi connectivity index (χ0v) is 18.1. The molecule has 1 fully saturated rings. The van der Waals surface area contributed by atoms with Crippen molar-refractivity contribution in [1.82, 2.24) is 15.0 Å². The van der Waals surface area contributed by atoms with Gasteiger partial charge in [-0.05, 0) is 54.2 Å². The number of piperidine rings is 1. The number of nitrogens with one attached hydrogen (secondary N) is 1. The van der Waals surface area contributed by atoms with Crippen LogP contribution in [0.2, 0.25) is 0 Å². The lowest BCUT2D eigenvalue weighted by molar-refractivity contribution is 0.0964. The van der Waals surface area contributed by atoms with E-state index in [1.54, 1.807) is 6.20 Å². The number of benzene rings is 1. The summed E-state index contributed by atoms with van der Waals surface area (Å²) >= 11 is 0. The lowest BCUT2D eigenvalue weighted by Gasteiger charge is -2.28. The number of fused-ring (bicyclic) bond motifs is 3. The molecule has 6 heteroatoms. The van der Waals surface area contributed by atoms with Gasteiger partial charge >= 0.3 is 0 Å². The third kappa shape index (κ3) is 3.64. The smallest absolute Gasteiger partial charge is 0.262 e. The summed E-state index contributed by atoms with van der Waals surface area (Å²) in [4.78, 5) is 40.2. The fourth-order valence-electron chi connectivity index (χ4n) is 4.90. The van der Waals surface area contributed by atoms with E-state index >= 15 is 0 Å². The van der Waals surface area contributed by atoms with E-state index in [4.69, 9.17) is 0 Å². The maximum absolute atomic E-state index is 13.1. The fraction of sp³-hybridized carbons (Fsp3) is 0.440. The summed E-state index contributed by atoms with van der Waals surface area (Å²) in [6.45, 7) is 6.14. The van der Waals surface area contributed by atoms with Crippen molar-refractivity contribution in [2.45, 2.75) is 57.8 Å². The number of Topliss-reactive ketones (excluding diaryl/α,β-unsaturated/α-hetero) is 1. The van der Waals surface area contributed by atoms with Crippen molar-refractivity contribution in [3.05, 3.63) is 63.1 Å². The molecule has 1 N–H and O–H groups in total. The molecule has 0 saturated carbocycles. The van der Waals surface area contributed by atoms with Gasteiger partial charge in [0.2, 0.25) is 5.95 Å². The maximum atomic E-state index is 13.1. The number of carbonyl (C=O) groups excluding carboxylic acids is 1. The monoisotopic (exact) mass is 416 g/mol. The number of ketones is 1. The van der Waals surface area contributed by atoms with Gasteiger partial charge in [0, 0.05) is 31.3 Å². The van der Waals surface area contributed by atoms with Gasteiger partial charge in [-0.15, -0.1) is 0 Å². The SMILES string of the molecule is CC(C)c1ccc([C@@H]2CC(=O)c3cnc4nc(N5CCCCC5)[nH]c(=O)c4c3C2)cc1. The molecule has 160 valence electrons. The van der Waals surface area contributed by atoms with E-state index in [9.17, 15) is 9.59 Å². The molecule has 1 atom stereocenters. The number of aromatic amines is 1. The largest absolute Gasteiger partial charge is 0.342 e. The van der Waals surface area contributed by atoms with E-state index in [1.807, 2.05) is 0 Å². The standard InChI is InChI=1S/C25H28N4O2/c1-15(2)16-6-8-17(9-7-16)18-12-19-20(21(30)13-18)14-26-23-22(19)24(31)28-25(27-23)29-10-4-3-5-11-29/h6-9,14-15,18H,3-5,10-13H2,1-2H3,(H,26,27,28,31)/t18-/m0/s1. The van der Waals surface area contributed by atoms with Gasteiger partial charge in [-0.25, -0.2) is 4.98 Å². The Morgan fingerprint density at radius 2 is 1.77 bits per heavy atom. The summed E-state index contributed by atoms with van der Waals surface area (Å²) in [5.74, 6) is 1.17. The molecule has 1 aliphatic heterocycles. The zero-order chi connectivity index (χ0) is 21.5. The number of carbonyl (C=O) groups is 1. The normalized spacial score (nSPS) is 19.1. The summed E-state index contributed by atoms with van der Waals surface area (Å²) in [6, 6.07) is 8.53. The Balaban J connectivity index is 1.54. The Labute approximate surface area is 181 Å². The molecule has 0 bridgehead atoms. The zero-order valence-electron chi connectivity index (χ0n) is 18.1. The summed E-state index contributed by atoms with van der Waals surface area (Å²) in [6.07, 6.45) is 6.12. The predicted molar refractivity (Wildman–Crippen MR) is 122 cm³/mol. The average Bonchev–Trinajstić information content (AvgIpc) is 2.79. The number of aromatic nitrogens is 3. The van der Waals surface area contributed by atoms with Crippen LogP contribution in [0.3, 0.4) is 0 Å². The molecule has 0 radical (unpaired) electrons. The second-order valence-electron chi connectivity index (χ2n) is 9.14. The maximum Gasteiger partial charge on any atom is 0.262 e. The Morgan fingerprint density at radius 3 is 2.48 bits per heavy atom. The molecule has 6 nitrogen and oxygen atoms in total. The summed E-state index contributed by atoms with van der Waals surface area (Å²) in [5.41, 5.74) is 4.03. The third-order valence-electron chi connectivity index (χ3n) is 6.74. The summed E-state index contributed by atoms with van der Waals surface area (Å²) < 4.78 is 0.